The molecular formula is C11H13BrN2O3. The fraction of sp³-hybridized carbons (Fsp3) is 0.273. The Morgan fingerprint density at radius 1 is 1.47 bits per heavy atom. The van der Waals surface area contributed by atoms with Crippen LogP contribution in [-0.2, 0) is 4.74 Å². The highest BCUT2D eigenvalue weighted by Crippen LogP contribution is 2.15. The van der Waals surface area contributed by atoms with Gasteiger partial charge in [0.2, 0.25) is 0 Å². The van der Waals surface area contributed by atoms with E-state index in [2.05, 4.69) is 26.0 Å². The number of nitrogens with one attached hydrogen (secondary N) is 1. The van der Waals surface area contributed by atoms with Crippen molar-refractivity contribution in [3.8, 4) is 0 Å². The number of aryl methyl sites for hydroxylation is 1. The summed E-state index contributed by atoms with van der Waals surface area (Å²) in [6.07, 6.45) is -0.849. The Morgan fingerprint density at radius 2 is 2.18 bits per heavy atom. The van der Waals surface area contributed by atoms with Gasteiger partial charge >= 0.3 is 6.09 Å². The van der Waals surface area contributed by atoms with Gasteiger partial charge in [0, 0.05) is 10.0 Å². The van der Waals surface area contributed by atoms with E-state index in [4.69, 9.17) is 5.73 Å². The van der Waals surface area contributed by atoms with Crippen LogP contribution in [-0.4, -0.2) is 25.2 Å². The molecule has 5 nitrogen and oxygen atoms in total. The van der Waals surface area contributed by atoms with E-state index in [0.717, 1.165) is 10.0 Å². The summed E-state index contributed by atoms with van der Waals surface area (Å²) in [5.41, 5.74) is 6.24. The summed E-state index contributed by atoms with van der Waals surface area (Å²) < 4.78 is 5.33. The number of nitrogens with two attached hydrogens (primary N) is 1. The van der Waals surface area contributed by atoms with Crippen molar-refractivity contribution < 1.29 is 14.3 Å². The average molecular weight is 301 g/mol. The SMILES string of the molecule is Cc1ccc(Br)cc1C(=O)NCCOC(N)=O. The molecule has 17 heavy (non-hydrogen) atoms. The van der Waals surface area contributed by atoms with Crippen LogP contribution in [0, 0.1) is 6.92 Å². The van der Waals surface area contributed by atoms with E-state index in [1.807, 2.05) is 19.1 Å². The van der Waals surface area contributed by atoms with Gasteiger partial charge in [0.05, 0.1) is 6.54 Å². The number of ether oxygens (including phenoxy) is 1. The van der Waals surface area contributed by atoms with E-state index < -0.39 is 6.09 Å². The standard InChI is InChI=1S/C11H13BrN2O3/c1-7-2-3-8(12)6-9(7)10(15)14-4-5-17-11(13)16/h2-3,6H,4-5H2,1H3,(H2,13,16)(H,14,15). The van der Waals surface area contributed by atoms with Crippen molar-refractivity contribution in [2.75, 3.05) is 13.2 Å². The summed E-state index contributed by atoms with van der Waals surface area (Å²) in [5, 5.41) is 2.63. The highest BCUT2D eigenvalue weighted by Gasteiger charge is 2.08. The molecule has 0 heterocycles. The third kappa shape index (κ3) is 4.44. The van der Waals surface area contributed by atoms with Gasteiger partial charge in [-0.3, -0.25) is 4.79 Å². The lowest BCUT2D eigenvalue weighted by Crippen LogP contribution is -2.29. The van der Waals surface area contributed by atoms with Crippen LogP contribution in [0.1, 0.15) is 15.9 Å². The quantitative estimate of drug-likeness (QED) is 0.828. The number of carbonyl (C=O) groups is 2. The van der Waals surface area contributed by atoms with Gasteiger partial charge in [0.25, 0.3) is 5.91 Å². The summed E-state index contributed by atoms with van der Waals surface area (Å²) in [4.78, 5) is 22.1. The monoisotopic (exact) mass is 300 g/mol. The van der Waals surface area contributed by atoms with Gasteiger partial charge in [0.15, 0.2) is 0 Å². The molecule has 0 aliphatic heterocycles. The van der Waals surface area contributed by atoms with Gasteiger partial charge in [-0.05, 0) is 24.6 Å². The minimum atomic E-state index is -0.849. The van der Waals surface area contributed by atoms with E-state index in [1.165, 1.54) is 0 Å². The van der Waals surface area contributed by atoms with Crippen LogP contribution < -0.4 is 11.1 Å². The number of hydrogen-bond acceptors (Lipinski definition) is 3. The first kappa shape index (κ1) is 13.5. The van der Waals surface area contributed by atoms with Gasteiger partial charge in [-0.1, -0.05) is 22.0 Å². The molecule has 6 heteroatoms. The molecular weight excluding hydrogens is 288 g/mol. The maximum Gasteiger partial charge on any atom is 0.404 e. The Hall–Kier alpha value is -1.56. The normalized spacial score (nSPS) is 9.76. The summed E-state index contributed by atoms with van der Waals surface area (Å²) in [5.74, 6) is -0.211. The zero-order valence-corrected chi connectivity index (χ0v) is 10.9. The number of halogens is 1. The Kier molecular flexibility index (Phi) is 4.96. The number of benzene rings is 1. The van der Waals surface area contributed by atoms with Crippen LogP contribution in [0.25, 0.3) is 0 Å². The van der Waals surface area contributed by atoms with Gasteiger partial charge in [-0.2, -0.15) is 0 Å². The Bertz CT molecular complexity index is 435. The number of carbonyl (C=O) groups excluding carboxylic acids is 2. The molecule has 0 aliphatic carbocycles. The third-order valence-electron chi connectivity index (χ3n) is 2.08. The van der Waals surface area contributed by atoms with Crippen molar-refractivity contribution in [1.82, 2.24) is 5.32 Å². The lowest BCUT2D eigenvalue weighted by atomic mass is 10.1. The van der Waals surface area contributed by atoms with Crippen molar-refractivity contribution in [3.63, 3.8) is 0 Å². The number of rotatable bonds is 4. The molecule has 1 rings (SSSR count). The average Bonchev–Trinajstić information content (AvgIpc) is 2.27. The second kappa shape index (κ2) is 6.24. The van der Waals surface area contributed by atoms with E-state index in [1.54, 1.807) is 6.07 Å². The zero-order valence-electron chi connectivity index (χ0n) is 9.33. The zero-order chi connectivity index (χ0) is 12.8. The fourth-order valence-electron chi connectivity index (χ4n) is 1.25. The van der Waals surface area contributed by atoms with Crippen LogP contribution >= 0.6 is 15.9 Å². The largest absolute Gasteiger partial charge is 0.448 e. The van der Waals surface area contributed by atoms with Crippen LogP contribution in [0.4, 0.5) is 4.79 Å². The van der Waals surface area contributed by atoms with Crippen molar-refractivity contribution in [1.29, 1.82) is 0 Å². The minimum absolute atomic E-state index is 0.0636. The molecule has 2 amide bonds. The predicted octanol–water partition coefficient (Wildman–Crippen LogP) is 1.58. The molecule has 0 spiro atoms. The second-order valence-corrected chi connectivity index (χ2v) is 4.30. The first-order valence-corrected chi connectivity index (χ1v) is 5.76. The summed E-state index contributed by atoms with van der Waals surface area (Å²) in [7, 11) is 0. The third-order valence-corrected chi connectivity index (χ3v) is 2.57. The van der Waals surface area contributed by atoms with Crippen LogP contribution in [0.5, 0.6) is 0 Å². The van der Waals surface area contributed by atoms with Crippen LogP contribution in [0.3, 0.4) is 0 Å². The molecule has 0 aliphatic rings. The number of amides is 2. The number of primary amides is 1. The molecule has 1 aromatic carbocycles. The first-order chi connectivity index (χ1) is 8.00. The molecule has 0 aromatic heterocycles. The van der Waals surface area contributed by atoms with Crippen molar-refractivity contribution in [2.24, 2.45) is 5.73 Å². The molecule has 0 saturated heterocycles. The van der Waals surface area contributed by atoms with E-state index >= 15 is 0 Å². The molecule has 0 bridgehead atoms. The van der Waals surface area contributed by atoms with Crippen LogP contribution in [0.2, 0.25) is 0 Å². The maximum atomic E-state index is 11.8. The van der Waals surface area contributed by atoms with Gasteiger partial charge in [-0.25, -0.2) is 4.79 Å². The first-order valence-electron chi connectivity index (χ1n) is 4.97. The van der Waals surface area contributed by atoms with Gasteiger partial charge in [0.1, 0.15) is 6.61 Å². The Morgan fingerprint density at radius 3 is 2.82 bits per heavy atom. The Labute approximate surface area is 107 Å². The van der Waals surface area contributed by atoms with E-state index in [-0.39, 0.29) is 19.1 Å². The van der Waals surface area contributed by atoms with E-state index in [9.17, 15) is 9.59 Å². The molecule has 0 saturated carbocycles. The molecule has 0 atom stereocenters. The summed E-state index contributed by atoms with van der Waals surface area (Å²) >= 11 is 3.30. The van der Waals surface area contributed by atoms with Crippen molar-refractivity contribution in [3.05, 3.63) is 33.8 Å². The maximum absolute atomic E-state index is 11.8. The highest BCUT2D eigenvalue weighted by atomic mass is 79.9. The molecule has 1 aromatic rings. The minimum Gasteiger partial charge on any atom is -0.448 e. The summed E-state index contributed by atoms with van der Waals surface area (Å²) in [6.45, 7) is 2.14. The topological polar surface area (TPSA) is 81.4 Å². The number of hydrogen-bond donors (Lipinski definition) is 2. The van der Waals surface area contributed by atoms with Crippen LogP contribution in [0.15, 0.2) is 22.7 Å². The molecule has 92 valence electrons. The molecule has 0 unspecified atom stereocenters. The smallest absolute Gasteiger partial charge is 0.404 e. The Balaban J connectivity index is 2.52. The van der Waals surface area contributed by atoms with Gasteiger partial charge in [-0.15, -0.1) is 0 Å². The van der Waals surface area contributed by atoms with Crippen molar-refractivity contribution >= 4 is 27.9 Å². The predicted molar refractivity (Wildman–Crippen MR) is 66.7 cm³/mol. The highest BCUT2D eigenvalue weighted by molar-refractivity contribution is 9.10. The molecule has 3 N–H and O–H groups in total. The molecule has 0 radical (unpaired) electrons. The van der Waals surface area contributed by atoms with Gasteiger partial charge < -0.3 is 15.8 Å². The molecule has 0 fully saturated rings. The van der Waals surface area contributed by atoms with E-state index in [0.29, 0.717) is 5.56 Å². The second-order valence-electron chi connectivity index (χ2n) is 3.38. The fourth-order valence-corrected chi connectivity index (χ4v) is 1.61. The van der Waals surface area contributed by atoms with Crippen molar-refractivity contribution in [2.45, 2.75) is 6.92 Å². The lowest BCUT2D eigenvalue weighted by Gasteiger charge is -2.08. The summed E-state index contributed by atoms with van der Waals surface area (Å²) in [6, 6.07) is 5.45. The lowest BCUT2D eigenvalue weighted by molar-refractivity contribution is 0.0936.